The Balaban J connectivity index is 2.28. The van der Waals surface area contributed by atoms with Gasteiger partial charge in [-0.05, 0) is 36.2 Å². The molecule has 3 N–H and O–H groups in total. The minimum atomic E-state index is 0.746. The summed E-state index contributed by atoms with van der Waals surface area (Å²) in [7, 11) is 0. The normalized spacial score (nSPS) is 10.3. The molecular formula is C15H17BrN2. The lowest BCUT2D eigenvalue weighted by Gasteiger charge is -2.13. The Morgan fingerprint density at radius 1 is 1.11 bits per heavy atom. The summed E-state index contributed by atoms with van der Waals surface area (Å²) >= 11 is 3.41. The highest BCUT2D eigenvalue weighted by atomic mass is 79.9. The number of benzene rings is 2. The molecule has 0 amide bonds. The number of rotatable bonds is 4. The van der Waals surface area contributed by atoms with Crippen LogP contribution in [-0.4, -0.2) is 0 Å². The van der Waals surface area contributed by atoms with E-state index in [4.69, 9.17) is 5.73 Å². The molecule has 0 unspecified atom stereocenters. The van der Waals surface area contributed by atoms with Crippen molar-refractivity contribution in [2.75, 3.05) is 11.1 Å². The third kappa shape index (κ3) is 3.05. The van der Waals surface area contributed by atoms with Gasteiger partial charge in [-0.15, -0.1) is 0 Å². The molecule has 2 rings (SSSR count). The molecule has 0 aliphatic rings. The molecule has 0 heterocycles. The van der Waals surface area contributed by atoms with Gasteiger partial charge in [-0.25, -0.2) is 0 Å². The summed E-state index contributed by atoms with van der Waals surface area (Å²) in [6, 6.07) is 14.2. The first-order chi connectivity index (χ1) is 8.70. The van der Waals surface area contributed by atoms with Crippen LogP contribution < -0.4 is 11.1 Å². The van der Waals surface area contributed by atoms with Gasteiger partial charge < -0.3 is 11.1 Å². The Labute approximate surface area is 116 Å². The fourth-order valence-electron chi connectivity index (χ4n) is 1.92. The van der Waals surface area contributed by atoms with Crippen LogP contribution in [0.3, 0.4) is 0 Å². The summed E-state index contributed by atoms with van der Waals surface area (Å²) in [5.74, 6) is 0. The largest absolute Gasteiger partial charge is 0.397 e. The van der Waals surface area contributed by atoms with Crippen molar-refractivity contribution in [3.05, 3.63) is 52.5 Å². The van der Waals surface area contributed by atoms with E-state index in [-0.39, 0.29) is 0 Å². The van der Waals surface area contributed by atoms with Crippen molar-refractivity contribution in [3.63, 3.8) is 0 Å². The highest BCUT2D eigenvalue weighted by Crippen LogP contribution is 2.28. The molecule has 18 heavy (non-hydrogen) atoms. The topological polar surface area (TPSA) is 38.0 Å². The summed E-state index contributed by atoms with van der Waals surface area (Å²) < 4.78 is 0.993. The van der Waals surface area contributed by atoms with E-state index in [9.17, 15) is 0 Å². The molecule has 0 radical (unpaired) electrons. The number of nitrogens with one attached hydrogen (secondary N) is 1. The molecule has 0 aliphatic heterocycles. The average Bonchev–Trinajstić information content (AvgIpc) is 2.35. The molecule has 2 nitrogen and oxygen atoms in total. The minimum Gasteiger partial charge on any atom is -0.397 e. The fraction of sp³-hybridized carbons (Fsp3) is 0.200. The van der Waals surface area contributed by atoms with Crippen LogP contribution in [0.5, 0.6) is 0 Å². The number of nitrogens with two attached hydrogens (primary N) is 1. The van der Waals surface area contributed by atoms with E-state index in [0.717, 1.165) is 34.4 Å². The van der Waals surface area contributed by atoms with Crippen molar-refractivity contribution in [3.8, 4) is 0 Å². The summed E-state index contributed by atoms with van der Waals surface area (Å²) in [5.41, 5.74) is 10.1. The molecule has 3 heteroatoms. The van der Waals surface area contributed by atoms with Crippen molar-refractivity contribution in [1.82, 2.24) is 0 Å². The van der Waals surface area contributed by atoms with Gasteiger partial charge in [0, 0.05) is 10.2 Å². The number of para-hydroxylation sites is 1. The Morgan fingerprint density at radius 2 is 1.89 bits per heavy atom. The predicted molar refractivity (Wildman–Crippen MR) is 82.3 cm³/mol. The molecule has 0 atom stereocenters. The van der Waals surface area contributed by atoms with E-state index in [1.54, 1.807) is 0 Å². The van der Waals surface area contributed by atoms with Gasteiger partial charge in [0.15, 0.2) is 0 Å². The Hall–Kier alpha value is -1.48. The van der Waals surface area contributed by atoms with Crippen LogP contribution in [0.1, 0.15) is 18.9 Å². The molecule has 0 aromatic heterocycles. The van der Waals surface area contributed by atoms with Crippen LogP contribution in [0.15, 0.2) is 46.9 Å². The second-order valence-corrected chi connectivity index (χ2v) is 5.18. The predicted octanol–water partition coefficient (Wildman–Crippen LogP) is 4.73. The maximum absolute atomic E-state index is 6.00. The molecular weight excluding hydrogens is 288 g/mol. The van der Waals surface area contributed by atoms with E-state index in [2.05, 4.69) is 46.4 Å². The molecule has 0 saturated heterocycles. The van der Waals surface area contributed by atoms with E-state index in [0.29, 0.717) is 0 Å². The smallest absolute Gasteiger partial charge is 0.0618 e. The van der Waals surface area contributed by atoms with Crippen molar-refractivity contribution >= 4 is 33.0 Å². The molecule has 0 fully saturated rings. The Morgan fingerprint density at radius 3 is 2.61 bits per heavy atom. The fourth-order valence-corrected chi connectivity index (χ4v) is 2.30. The van der Waals surface area contributed by atoms with Gasteiger partial charge in [0.2, 0.25) is 0 Å². The number of hydrogen-bond acceptors (Lipinski definition) is 2. The maximum atomic E-state index is 6.00. The molecule has 0 spiro atoms. The highest BCUT2D eigenvalue weighted by Gasteiger charge is 2.04. The lowest BCUT2D eigenvalue weighted by Crippen LogP contribution is -1.99. The third-order valence-corrected chi connectivity index (χ3v) is 3.31. The second kappa shape index (κ2) is 5.91. The van der Waals surface area contributed by atoms with Gasteiger partial charge in [-0.1, -0.05) is 47.5 Å². The van der Waals surface area contributed by atoms with Crippen molar-refractivity contribution in [1.29, 1.82) is 0 Å². The molecule has 2 aromatic rings. The number of anilines is 3. The van der Waals surface area contributed by atoms with Crippen LogP contribution in [-0.2, 0) is 6.42 Å². The molecule has 0 aliphatic carbocycles. The van der Waals surface area contributed by atoms with Gasteiger partial charge in [-0.2, -0.15) is 0 Å². The molecule has 94 valence electrons. The van der Waals surface area contributed by atoms with E-state index in [1.807, 2.05) is 24.3 Å². The third-order valence-electron chi connectivity index (χ3n) is 2.82. The van der Waals surface area contributed by atoms with Gasteiger partial charge >= 0.3 is 0 Å². The lowest BCUT2D eigenvalue weighted by molar-refractivity contribution is 0.923. The minimum absolute atomic E-state index is 0.746. The van der Waals surface area contributed by atoms with E-state index in [1.165, 1.54) is 5.56 Å². The Bertz CT molecular complexity index is 538. The quantitative estimate of drug-likeness (QED) is 0.802. The zero-order chi connectivity index (χ0) is 13.0. The monoisotopic (exact) mass is 304 g/mol. The van der Waals surface area contributed by atoms with Crippen molar-refractivity contribution in [2.24, 2.45) is 0 Å². The van der Waals surface area contributed by atoms with Gasteiger partial charge in [0.25, 0.3) is 0 Å². The number of hydrogen-bond donors (Lipinski definition) is 2. The van der Waals surface area contributed by atoms with Crippen LogP contribution in [0.4, 0.5) is 17.1 Å². The standard InChI is InChI=1S/C15H17BrN2/c1-2-5-11-6-3-4-7-14(11)18-15-9-8-12(16)10-13(15)17/h3-4,6-10,18H,2,5,17H2,1H3. The number of halogens is 1. The zero-order valence-corrected chi connectivity index (χ0v) is 12.0. The van der Waals surface area contributed by atoms with Crippen LogP contribution in [0, 0.1) is 0 Å². The number of nitrogen functional groups attached to an aromatic ring is 1. The molecule has 0 saturated carbocycles. The first-order valence-electron chi connectivity index (χ1n) is 6.10. The molecule has 2 aromatic carbocycles. The second-order valence-electron chi connectivity index (χ2n) is 4.26. The van der Waals surface area contributed by atoms with Crippen LogP contribution in [0.25, 0.3) is 0 Å². The summed E-state index contributed by atoms with van der Waals surface area (Å²) in [5, 5.41) is 3.41. The lowest BCUT2D eigenvalue weighted by atomic mass is 10.1. The summed E-state index contributed by atoms with van der Waals surface area (Å²) in [4.78, 5) is 0. The van der Waals surface area contributed by atoms with Crippen LogP contribution >= 0.6 is 15.9 Å². The highest BCUT2D eigenvalue weighted by molar-refractivity contribution is 9.10. The summed E-state index contributed by atoms with van der Waals surface area (Å²) in [6.45, 7) is 2.19. The first kappa shape index (κ1) is 13.0. The van der Waals surface area contributed by atoms with E-state index < -0.39 is 0 Å². The molecule has 0 bridgehead atoms. The number of aryl methyl sites for hydroxylation is 1. The summed E-state index contributed by atoms with van der Waals surface area (Å²) in [6.07, 6.45) is 2.20. The SMILES string of the molecule is CCCc1ccccc1Nc1ccc(Br)cc1N. The van der Waals surface area contributed by atoms with E-state index >= 15 is 0 Å². The maximum Gasteiger partial charge on any atom is 0.0618 e. The van der Waals surface area contributed by atoms with Crippen molar-refractivity contribution in [2.45, 2.75) is 19.8 Å². The van der Waals surface area contributed by atoms with Gasteiger partial charge in [0.05, 0.1) is 11.4 Å². The Kier molecular flexibility index (Phi) is 4.26. The van der Waals surface area contributed by atoms with Crippen LogP contribution in [0.2, 0.25) is 0 Å². The van der Waals surface area contributed by atoms with Gasteiger partial charge in [-0.3, -0.25) is 0 Å². The zero-order valence-electron chi connectivity index (χ0n) is 10.4. The van der Waals surface area contributed by atoms with Gasteiger partial charge in [0.1, 0.15) is 0 Å². The van der Waals surface area contributed by atoms with Crippen molar-refractivity contribution < 1.29 is 0 Å². The average molecular weight is 305 g/mol. The first-order valence-corrected chi connectivity index (χ1v) is 6.90.